The summed E-state index contributed by atoms with van der Waals surface area (Å²) in [4.78, 5) is 24.8. The molecule has 22 heavy (non-hydrogen) atoms. The van der Waals surface area contributed by atoms with Gasteiger partial charge in [-0.05, 0) is 53.9 Å². The summed E-state index contributed by atoms with van der Waals surface area (Å²) in [6, 6.07) is 3.99. The molecule has 0 bridgehead atoms. The first-order valence-corrected chi connectivity index (χ1v) is 7.81. The van der Waals surface area contributed by atoms with Crippen molar-refractivity contribution in [3.63, 3.8) is 0 Å². The number of carboxylic acid groups (broad SMARTS) is 1. The van der Waals surface area contributed by atoms with Gasteiger partial charge in [0.1, 0.15) is 11.6 Å². The number of aliphatic carboxylic acids is 1. The number of amides is 1. The van der Waals surface area contributed by atoms with Crippen LogP contribution in [0.3, 0.4) is 0 Å². The van der Waals surface area contributed by atoms with Crippen LogP contribution in [-0.2, 0) is 9.59 Å². The molecule has 1 aliphatic rings. The fourth-order valence-electron chi connectivity index (χ4n) is 2.42. The molecular weight excluding hydrogens is 357 g/mol. The SMILES string of the molecule is C[C@@H](Oc1ccc(F)cc1Br)C(=O)N1CCC(C(=O)O)CC1. The van der Waals surface area contributed by atoms with E-state index in [0.29, 0.717) is 36.2 Å². The predicted molar refractivity (Wildman–Crippen MR) is 81.1 cm³/mol. The summed E-state index contributed by atoms with van der Waals surface area (Å²) >= 11 is 3.19. The van der Waals surface area contributed by atoms with Gasteiger partial charge in [0.25, 0.3) is 5.91 Å². The number of carboxylic acids is 1. The number of benzene rings is 1. The van der Waals surface area contributed by atoms with E-state index in [1.165, 1.54) is 18.2 Å². The zero-order valence-corrected chi connectivity index (χ0v) is 13.7. The maximum atomic E-state index is 13.0. The van der Waals surface area contributed by atoms with Gasteiger partial charge in [-0.1, -0.05) is 0 Å². The molecule has 0 saturated carbocycles. The van der Waals surface area contributed by atoms with E-state index < -0.39 is 17.9 Å². The van der Waals surface area contributed by atoms with Gasteiger partial charge in [0.15, 0.2) is 6.10 Å². The van der Waals surface area contributed by atoms with E-state index in [9.17, 15) is 14.0 Å². The van der Waals surface area contributed by atoms with Crippen LogP contribution in [0.5, 0.6) is 5.75 Å². The third-order valence-corrected chi connectivity index (χ3v) is 4.32. The highest BCUT2D eigenvalue weighted by molar-refractivity contribution is 9.10. The fourth-order valence-corrected chi connectivity index (χ4v) is 2.86. The Balaban J connectivity index is 1.94. The summed E-state index contributed by atoms with van der Waals surface area (Å²) in [5.74, 6) is -1.39. The second-order valence-corrected chi connectivity index (χ2v) is 6.13. The number of ether oxygens (including phenoxy) is 1. The molecule has 1 fully saturated rings. The number of rotatable bonds is 4. The van der Waals surface area contributed by atoms with Crippen molar-refractivity contribution in [2.45, 2.75) is 25.9 Å². The molecule has 0 aromatic heterocycles. The molecule has 2 rings (SSSR count). The summed E-state index contributed by atoms with van der Waals surface area (Å²) in [7, 11) is 0. The van der Waals surface area contributed by atoms with Crippen molar-refractivity contribution in [1.29, 1.82) is 0 Å². The lowest BCUT2D eigenvalue weighted by Crippen LogP contribution is -2.45. The van der Waals surface area contributed by atoms with Crippen molar-refractivity contribution >= 4 is 27.8 Å². The monoisotopic (exact) mass is 373 g/mol. The molecule has 1 aromatic carbocycles. The third-order valence-electron chi connectivity index (χ3n) is 3.70. The first-order valence-electron chi connectivity index (χ1n) is 7.01. The Labute approximate surface area is 136 Å². The standard InChI is InChI=1S/C15H17BrFNO4/c1-9(22-13-3-2-11(17)8-12(13)16)14(19)18-6-4-10(5-7-18)15(20)21/h2-3,8-10H,4-7H2,1H3,(H,20,21)/t9-/m1/s1. The van der Waals surface area contributed by atoms with Crippen LogP contribution in [0.1, 0.15) is 19.8 Å². The number of halogens is 2. The lowest BCUT2D eigenvalue weighted by molar-refractivity contribution is -0.147. The maximum Gasteiger partial charge on any atom is 0.306 e. The molecule has 1 amide bonds. The number of hydrogen-bond donors (Lipinski definition) is 1. The molecule has 0 radical (unpaired) electrons. The van der Waals surface area contributed by atoms with Gasteiger partial charge in [-0.25, -0.2) is 4.39 Å². The fraction of sp³-hybridized carbons (Fsp3) is 0.467. The Morgan fingerprint density at radius 1 is 1.41 bits per heavy atom. The summed E-state index contributed by atoms with van der Waals surface area (Å²) in [6.07, 6.45) is 0.186. The molecule has 5 nitrogen and oxygen atoms in total. The van der Waals surface area contributed by atoms with Gasteiger partial charge in [0.2, 0.25) is 0 Å². The molecule has 1 aliphatic heterocycles. The Kier molecular flexibility index (Phi) is 5.39. The van der Waals surface area contributed by atoms with E-state index in [-0.39, 0.29) is 11.8 Å². The number of hydrogen-bond acceptors (Lipinski definition) is 3. The highest BCUT2D eigenvalue weighted by Crippen LogP contribution is 2.27. The molecule has 120 valence electrons. The van der Waals surface area contributed by atoms with Crippen LogP contribution in [0, 0.1) is 11.7 Å². The number of nitrogens with zero attached hydrogens (tertiary/aromatic N) is 1. The van der Waals surface area contributed by atoms with Crippen molar-refractivity contribution in [2.24, 2.45) is 5.92 Å². The van der Waals surface area contributed by atoms with E-state index in [0.717, 1.165) is 0 Å². The molecule has 0 unspecified atom stereocenters. The molecule has 1 aromatic rings. The minimum Gasteiger partial charge on any atom is -0.481 e. The van der Waals surface area contributed by atoms with Gasteiger partial charge in [-0.15, -0.1) is 0 Å². The van der Waals surface area contributed by atoms with Crippen LogP contribution in [0.15, 0.2) is 22.7 Å². The van der Waals surface area contributed by atoms with Crippen LogP contribution in [-0.4, -0.2) is 41.1 Å². The van der Waals surface area contributed by atoms with Gasteiger partial charge in [0.05, 0.1) is 10.4 Å². The molecule has 0 spiro atoms. The zero-order chi connectivity index (χ0) is 16.3. The Morgan fingerprint density at radius 2 is 2.05 bits per heavy atom. The van der Waals surface area contributed by atoms with Crippen molar-refractivity contribution in [2.75, 3.05) is 13.1 Å². The normalized spacial score (nSPS) is 17.1. The Hall–Kier alpha value is -1.63. The minimum absolute atomic E-state index is 0.194. The van der Waals surface area contributed by atoms with Gasteiger partial charge < -0.3 is 14.7 Å². The smallest absolute Gasteiger partial charge is 0.306 e. The maximum absolute atomic E-state index is 13.0. The number of carbonyl (C=O) groups excluding carboxylic acids is 1. The van der Waals surface area contributed by atoms with Gasteiger partial charge in [-0.3, -0.25) is 9.59 Å². The van der Waals surface area contributed by atoms with Crippen LogP contribution in [0.4, 0.5) is 4.39 Å². The Bertz CT molecular complexity index is 573. The second kappa shape index (κ2) is 7.09. The number of carbonyl (C=O) groups is 2. The molecule has 0 aliphatic carbocycles. The summed E-state index contributed by atoms with van der Waals surface area (Å²) in [5, 5.41) is 8.96. The summed E-state index contributed by atoms with van der Waals surface area (Å²) < 4.78 is 19.0. The number of piperidine rings is 1. The van der Waals surface area contributed by atoms with E-state index in [1.54, 1.807) is 11.8 Å². The topological polar surface area (TPSA) is 66.8 Å². The van der Waals surface area contributed by atoms with Crippen molar-refractivity contribution < 1.29 is 23.8 Å². The molecule has 1 atom stereocenters. The van der Waals surface area contributed by atoms with Crippen LogP contribution < -0.4 is 4.74 Å². The summed E-state index contributed by atoms with van der Waals surface area (Å²) in [6.45, 7) is 2.45. The zero-order valence-electron chi connectivity index (χ0n) is 12.1. The van der Waals surface area contributed by atoms with E-state index >= 15 is 0 Å². The lowest BCUT2D eigenvalue weighted by Gasteiger charge is -2.32. The molecule has 1 N–H and O–H groups in total. The van der Waals surface area contributed by atoms with Crippen molar-refractivity contribution in [3.05, 3.63) is 28.5 Å². The van der Waals surface area contributed by atoms with E-state index in [2.05, 4.69) is 15.9 Å². The minimum atomic E-state index is -0.813. The average molecular weight is 374 g/mol. The molecule has 7 heteroatoms. The van der Waals surface area contributed by atoms with Crippen molar-refractivity contribution in [3.8, 4) is 5.75 Å². The first-order chi connectivity index (χ1) is 10.4. The van der Waals surface area contributed by atoms with Crippen LogP contribution >= 0.6 is 15.9 Å². The van der Waals surface area contributed by atoms with E-state index in [1.807, 2.05) is 0 Å². The average Bonchev–Trinajstić information content (AvgIpc) is 2.49. The molecular formula is C15H17BrFNO4. The van der Waals surface area contributed by atoms with Gasteiger partial charge >= 0.3 is 5.97 Å². The predicted octanol–water partition coefficient (Wildman–Crippen LogP) is 2.68. The third kappa shape index (κ3) is 3.97. The molecule has 1 heterocycles. The first kappa shape index (κ1) is 16.7. The summed E-state index contributed by atoms with van der Waals surface area (Å²) in [5.41, 5.74) is 0. The van der Waals surface area contributed by atoms with E-state index in [4.69, 9.17) is 9.84 Å². The quantitative estimate of drug-likeness (QED) is 0.880. The second-order valence-electron chi connectivity index (χ2n) is 5.27. The largest absolute Gasteiger partial charge is 0.481 e. The Morgan fingerprint density at radius 3 is 2.59 bits per heavy atom. The highest BCUT2D eigenvalue weighted by atomic mass is 79.9. The van der Waals surface area contributed by atoms with Crippen LogP contribution in [0.2, 0.25) is 0 Å². The number of likely N-dealkylation sites (tertiary alicyclic amines) is 1. The van der Waals surface area contributed by atoms with Gasteiger partial charge in [0, 0.05) is 13.1 Å². The molecule has 1 saturated heterocycles. The lowest BCUT2D eigenvalue weighted by atomic mass is 9.97. The van der Waals surface area contributed by atoms with Crippen LogP contribution in [0.25, 0.3) is 0 Å². The van der Waals surface area contributed by atoms with Gasteiger partial charge in [-0.2, -0.15) is 0 Å². The highest BCUT2D eigenvalue weighted by Gasteiger charge is 2.30. The van der Waals surface area contributed by atoms with Crippen molar-refractivity contribution in [1.82, 2.24) is 4.90 Å².